The Balaban J connectivity index is 5.68. The van der Waals surface area contributed by atoms with Crippen LogP contribution in [0.5, 0.6) is 0 Å². The van der Waals surface area contributed by atoms with Gasteiger partial charge in [-0.25, -0.2) is 0 Å². The molecule has 0 aromatic rings. The van der Waals surface area contributed by atoms with Crippen molar-refractivity contribution >= 4 is 9.05 Å². The van der Waals surface area contributed by atoms with E-state index in [9.17, 15) is 6.37 Å². The minimum atomic E-state index is -5.36. The average molecular weight is 462 g/mol. The first-order valence-corrected chi connectivity index (χ1v) is 15.0. The molecule has 0 fully saturated rings. The van der Waals surface area contributed by atoms with Gasteiger partial charge in [0.1, 0.15) is 0 Å². The fourth-order valence-electron chi connectivity index (χ4n) is 1.73. The van der Waals surface area contributed by atoms with Crippen LogP contribution in [-0.4, -0.2) is 39.3 Å². The van der Waals surface area contributed by atoms with E-state index in [1.54, 1.807) is 20.8 Å². The maximum atomic E-state index is 10.5. The van der Waals surface area contributed by atoms with Crippen LogP contribution in [0.3, 0.4) is 0 Å². The molecule has 3 atom stereocenters. The van der Waals surface area contributed by atoms with E-state index >= 15 is 0 Å². The zero-order valence-corrected chi connectivity index (χ0v) is 20.7. The number of hydrogen-bond donors (Lipinski definition) is 2. The quantitative estimate of drug-likeness (QED) is 0.430. The zero-order valence-electron chi connectivity index (χ0n) is 17.3. The molecule has 152 valence electrons. The third kappa shape index (κ3) is 11.3. The molecule has 0 bridgehead atoms. The van der Waals surface area contributed by atoms with Gasteiger partial charge in [0.2, 0.25) is 0 Å². The Morgan fingerprint density at radius 2 is 1.12 bits per heavy atom. The first-order chi connectivity index (χ1) is 11.3. The van der Waals surface area contributed by atoms with E-state index < -0.39 is 36.7 Å². The fraction of sp³-hybridized carbons (Fsp3) is 1.00. The molecule has 0 aliphatic carbocycles. The van der Waals surface area contributed by atoms with Crippen LogP contribution in [0.25, 0.3) is 0 Å². The van der Waals surface area contributed by atoms with E-state index in [4.69, 9.17) is 18.6 Å². The first kappa shape index (κ1) is 25.8. The van der Waals surface area contributed by atoms with Crippen molar-refractivity contribution < 1.29 is 47.0 Å². The van der Waals surface area contributed by atoms with E-state index in [1.807, 2.05) is 41.5 Å². The Labute approximate surface area is 161 Å². The van der Waals surface area contributed by atoms with Gasteiger partial charge in [-0.1, -0.05) is 0 Å². The summed E-state index contributed by atoms with van der Waals surface area (Å²) in [7, 11) is -3.81. The summed E-state index contributed by atoms with van der Waals surface area (Å²) >= 11 is -5.36. The van der Waals surface area contributed by atoms with Gasteiger partial charge in [0.15, 0.2) is 0 Å². The van der Waals surface area contributed by atoms with Crippen molar-refractivity contribution in [2.45, 2.75) is 105 Å². The number of hydrogen-bond acceptors (Lipinski definition) is 7. The second kappa shape index (κ2) is 11.0. The van der Waals surface area contributed by atoms with Crippen LogP contribution in [0.1, 0.15) is 81.6 Å². The fourth-order valence-corrected chi connectivity index (χ4v) is 10.1. The van der Waals surface area contributed by atoms with Crippen LogP contribution in [0, 0.1) is 0 Å². The molecule has 2 N–H and O–H groups in total. The molecule has 0 saturated carbocycles. The molecule has 7 nitrogen and oxygen atoms in total. The predicted octanol–water partition coefficient (Wildman–Crippen LogP) is 3.50. The van der Waals surface area contributed by atoms with E-state index in [0.717, 1.165) is 0 Å². The van der Waals surface area contributed by atoms with Crippen molar-refractivity contribution in [2.24, 2.45) is 0 Å². The second-order valence-electron chi connectivity index (χ2n) is 7.38. The minimum absolute atomic E-state index is 0.212. The molecule has 0 amide bonds. The van der Waals surface area contributed by atoms with E-state index in [-0.39, 0.29) is 18.3 Å². The SMILES string of the molecule is CCC(C)O[Si](OC(C)CC)(OC(C)CC)[O][Zr]([OH])([OH])[O]C(C)(C)C. The summed E-state index contributed by atoms with van der Waals surface area (Å²) in [5.74, 6) is 0. The van der Waals surface area contributed by atoms with Crippen molar-refractivity contribution in [1.82, 2.24) is 0 Å². The molecule has 0 saturated heterocycles. The van der Waals surface area contributed by atoms with Gasteiger partial charge < -0.3 is 0 Å². The summed E-state index contributed by atoms with van der Waals surface area (Å²) in [6.07, 6.45) is 1.51. The summed E-state index contributed by atoms with van der Waals surface area (Å²) in [6.45, 7) is 16.7. The Morgan fingerprint density at radius 1 is 0.800 bits per heavy atom. The average Bonchev–Trinajstić information content (AvgIpc) is 2.43. The standard InChI is InChI=1S/C12H27O4Si.C4H9O.2H2O.Zr/c1-7-10(4)14-17(13,15-11(5)8-2)16-12(6)9-3;1-4(2,3)5;;;/h10-12H,7-9H2,1-6H3;1-3H3;2*1H2;/q2*-1;;;+4/p-2. The summed E-state index contributed by atoms with van der Waals surface area (Å²) in [4.78, 5) is 0. The summed E-state index contributed by atoms with van der Waals surface area (Å²) in [6, 6.07) is 0. The van der Waals surface area contributed by atoms with Crippen molar-refractivity contribution in [3.63, 3.8) is 0 Å². The molecule has 9 heteroatoms. The molecule has 0 heterocycles. The zero-order chi connectivity index (χ0) is 19.9. The molecular weight excluding hydrogens is 423 g/mol. The van der Waals surface area contributed by atoms with Gasteiger partial charge in [-0.3, -0.25) is 0 Å². The van der Waals surface area contributed by atoms with Gasteiger partial charge in [0.25, 0.3) is 0 Å². The van der Waals surface area contributed by atoms with Crippen LogP contribution in [-0.2, 0) is 40.6 Å². The van der Waals surface area contributed by atoms with Crippen LogP contribution >= 0.6 is 0 Å². The normalized spacial score (nSPS) is 19.3. The molecule has 0 aromatic carbocycles. The number of rotatable bonds is 12. The van der Waals surface area contributed by atoms with E-state index in [2.05, 4.69) is 0 Å². The van der Waals surface area contributed by atoms with Crippen molar-refractivity contribution in [1.29, 1.82) is 0 Å². The monoisotopic (exact) mass is 460 g/mol. The topological polar surface area (TPSA) is 86.6 Å². The van der Waals surface area contributed by atoms with Gasteiger partial charge in [-0.2, -0.15) is 0 Å². The van der Waals surface area contributed by atoms with Crippen LogP contribution in [0.15, 0.2) is 0 Å². The van der Waals surface area contributed by atoms with Crippen LogP contribution in [0.4, 0.5) is 0 Å². The van der Waals surface area contributed by atoms with Crippen molar-refractivity contribution in [2.75, 3.05) is 0 Å². The maximum absolute atomic E-state index is 10.5. The molecule has 0 aliphatic rings. The van der Waals surface area contributed by atoms with Crippen LogP contribution in [0.2, 0.25) is 0 Å². The van der Waals surface area contributed by atoms with E-state index in [1.165, 1.54) is 0 Å². The summed E-state index contributed by atoms with van der Waals surface area (Å²) < 4.78 is 50.0. The molecule has 0 radical (unpaired) electrons. The van der Waals surface area contributed by atoms with Crippen molar-refractivity contribution in [3.05, 3.63) is 0 Å². The summed E-state index contributed by atoms with van der Waals surface area (Å²) in [5, 5.41) is 0. The molecule has 0 rings (SSSR count). The van der Waals surface area contributed by atoms with Gasteiger partial charge in [0, 0.05) is 0 Å². The van der Waals surface area contributed by atoms with Gasteiger partial charge in [-0.05, 0) is 0 Å². The second-order valence-corrected chi connectivity index (χ2v) is 14.0. The predicted molar refractivity (Wildman–Crippen MR) is 94.6 cm³/mol. The van der Waals surface area contributed by atoms with E-state index in [0.29, 0.717) is 19.3 Å². The summed E-state index contributed by atoms with van der Waals surface area (Å²) in [5.41, 5.74) is -0.761. The Bertz CT molecular complexity index is 345. The van der Waals surface area contributed by atoms with Crippen molar-refractivity contribution in [3.8, 4) is 0 Å². The third-order valence-corrected chi connectivity index (χ3v) is 12.0. The molecule has 0 aliphatic heterocycles. The van der Waals surface area contributed by atoms with Crippen LogP contribution < -0.4 is 0 Å². The molecule has 0 aromatic heterocycles. The molecule has 25 heavy (non-hydrogen) atoms. The Morgan fingerprint density at radius 3 is 1.36 bits per heavy atom. The molecule has 0 spiro atoms. The van der Waals surface area contributed by atoms with Gasteiger partial charge in [-0.15, -0.1) is 0 Å². The molecular formula is C16H38O7SiZr. The third-order valence-electron chi connectivity index (χ3n) is 3.46. The van der Waals surface area contributed by atoms with Gasteiger partial charge >= 0.3 is 162 Å². The molecule has 3 unspecified atom stereocenters. The Hall–Kier alpha value is 0.820. The Kier molecular flexibility index (Phi) is 11.3. The van der Waals surface area contributed by atoms with Gasteiger partial charge in [0.05, 0.1) is 0 Å². The first-order valence-electron chi connectivity index (χ1n) is 9.16.